The highest BCUT2D eigenvalue weighted by atomic mass is 14.1. The van der Waals surface area contributed by atoms with E-state index in [1.807, 2.05) is 0 Å². The van der Waals surface area contributed by atoms with Crippen molar-refractivity contribution >= 4 is 0 Å². The van der Waals surface area contributed by atoms with Gasteiger partial charge in [0, 0.05) is 0 Å². The lowest BCUT2D eigenvalue weighted by atomic mass is 9.94. The topological polar surface area (TPSA) is 0 Å². The maximum absolute atomic E-state index is 3.93. The zero-order valence-corrected chi connectivity index (χ0v) is 6.15. The summed E-state index contributed by atoms with van der Waals surface area (Å²) >= 11 is 0. The summed E-state index contributed by atoms with van der Waals surface area (Å²) in [5.41, 5.74) is 0. The van der Waals surface area contributed by atoms with Gasteiger partial charge >= 0.3 is 0 Å². The zero-order valence-electron chi connectivity index (χ0n) is 6.15. The molecule has 0 nitrogen and oxygen atoms in total. The number of rotatable bonds is 3. The van der Waals surface area contributed by atoms with Gasteiger partial charge in [-0.15, -0.1) is 0 Å². The largest absolute Gasteiger partial charge is 0.0651 e. The molecule has 0 fully saturated rings. The molecule has 0 N–H and O–H groups in total. The molecule has 0 aromatic rings. The van der Waals surface area contributed by atoms with E-state index >= 15 is 0 Å². The second-order valence-electron chi connectivity index (χ2n) is 2.48. The van der Waals surface area contributed by atoms with E-state index in [4.69, 9.17) is 0 Å². The highest BCUT2D eigenvalue weighted by Gasteiger charge is 2.03. The first-order chi connectivity index (χ1) is 3.68. The van der Waals surface area contributed by atoms with Crippen molar-refractivity contribution in [2.75, 3.05) is 0 Å². The van der Waals surface area contributed by atoms with E-state index in [0.717, 1.165) is 0 Å². The van der Waals surface area contributed by atoms with Gasteiger partial charge in [-0.1, -0.05) is 34.1 Å². The van der Waals surface area contributed by atoms with Gasteiger partial charge in [0.1, 0.15) is 0 Å². The van der Waals surface area contributed by atoms with Crippen LogP contribution in [0.1, 0.15) is 27.2 Å². The van der Waals surface area contributed by atoms with Crippen molar-refractivity contribution < 1.29 is 0 Å². The van der Waals surface area contributed by atoms with Crippen molar-refractivity contribution in [2.45, 2.75) is 27.2 Å². The lowest BCUT2D eigenvalue weighted by molar-refractivity contribution is 0.507. The highest BCUT2D eigenvalue weighted by Crippen LogP contribution is 2.13. The van der Waals surface area contributed by atoms with Gasteiger partial charge in [0.15, 0.2) is 0 Å². The third kappa shape index (κ3) is 3.06. The minimum absolute atomic E-state index is 0.565. The summed E-state index contributed by atoms with van der Waals surface area (Å²) in [5.74, 6) is 1.25. The van der Waals surface area contributed by atoms with Crippen LogP contribution in [0.5, 0.6) is 0 Å². The van der Waals surface area contributed by atoms with Crippen molar-refractivity contribution in [1.29, 1.82) is 0 Å². The standard InChI is InChI=1S/C8H16/c1-5-6-8(4)7(2)3/h6-8H,2,5H2,1,3-4H3. The fourth-order valence-electron chi connectivity index (χ4n) is 0.604. The fourth-order valence-corrected chi connectivity index (χ4v) is 0.604. The van der Waals surface area contributed by atoms with Crippen molar-refractivity contribution in [3.63, 3.8) is 0 Å². The van der Waals surface area contributed by atoms with Gasteiger partial charge in [-0.05, 0) is 18.3 Å². The third-order valence-corrected chi connectivity index (χ3v) is 1.51. The lowest BCUT2D eigenvalue weighted by Crippen LogP contribution is -2.03. The summed E-state index contributed by atoms with van der Waals surface area (Å²) in [5, 5.41) is 0. The molecule has 2 radical (unpaired) electrons. The van der Waals surface area contributed by atoms with Crippen molar-refractivity contribution in [1.82, 2.24) is 0 Å². The van der Waals surface area contributed by atoms with Gasteiger partial charge < -0.3 is 0 Å². The second-order valence-corrected chi connectivity index (χ2v) is 2.48. The van der Waals surface area contributed by atoms with Crippen LogP contribution < -0.4 is 0 Å². The average molecular weight is 112 g/mol. The Morgan fingerprint density at radius 3 is 2.12 bits per heavy atom. The molecule has 0 aliphatic carbocycles. The molecule has 0 saturated carbocycles. The second kappa shape index (κ2) is 3.94. The molecule has 0 aromatic carbocycles. The van der Waals surface area contributed by atoms with Crippen LogP contribution in [0.3, 0.4) is 0 Å². The zero-order chi connectivity index (χ0) is 6.57. The molecule has 48 valence electrons. The molecule has 0 aliphatic rings. The number of hydrogen-bond donors (Lipinski definition) is 0. The Morgan fingerprint density at radius 1 is 1.50 bits per heavy atom. The van der Waals surface area contributed by atoms with E-state index in [0.29, 0.717) is 11.8 Å². The molecule has 0 aromatic heterocycles. The highest BCUT2D eigenvalue weighted by molar-refractivity contribution is 4.76. The third-order valence-electron chi connectivity index (χ3n) is 1.51. The predicted molar refractivity (Wildman–Crippen MR) is 38.3 cm³/mol. The Morgan fingerprint density at radius 2 is 2.00 bits per heavy atom. The molecular formula is C8H16. The first-order valence-electron chi connectivity index (χ1n) is 3.34. The quantitative estimate of drug-likeness (QED) is 0.526. The van der Waals surface area contributed by atoms with Crippen LogP contribution in [0.4, 0.5) is 0 Å². The van der Waals surface area contributed by atoms with E-state index < -0.39 is 0 Å². The van der Waals surface area contributed by atoms with Crippen LogP contribution >= 0.6 is 0 Å². The summed E-state index contributed by atoms with van der Waals surface area (Å²) in [6.45, 7) is 10.5. The smallest absolute Gasteiger partial charge is 0.0358 e. The average Bonchev–Trinajstić information content (AvgIpc) is 1.67. The van der Waals surface area contributed by atoms with Crippen LogP contribution in [0.15, 0.2) is 0 Å². The fraction of sp³-hybridized carbons (Fsp3) is 0.750. The van der Waals surface area contributed by atoms with E-state index in [1.165, 1.54) is 6.42 Å². The van der Waals surface area contributed by atoms with Crippen molar-refractivity contribution in [2.24, 2.45) is 11.8 Å². The van der Waals surface area contributed by atoms with Crippen LogP contribution in [0.2, 0.25) is 0 Å². The Hall–Kier alpha value is 0. The molecule has 0 heteroatoms. The molecule has 0 saturated heterocycles. The van der Waals surface area contributed by atoms with Crippen molar-refractivity contribution in [3.05, 3.63) is 13.3 Å². The summed E-state index contributed by atoms with van der Waals surface area (Å²) in [6, 6.07) is 0. The van der Waals surface area contributed by atoms with Crippen LogP contribution in [-0.4, -0.2) is 0 Å². The van der Waals surface area contributed by atoms with Gasteiger partial charge in [-0.2, -0.15) is 0 Å². The van der Waals surface area contributed by atoms with Gasteiger partial charge in [-0.25, -0.2) is 0 Å². The molecule has 2 unspecified atom stereocenters. The lowest BCUT2D eigenvalue weighted by Gasteiger charge is -2.12. The monoisotopic (exact) mass is 112 g/mol. The van der Waals surface area contributed by atoms with Crippen LogP contribution in [0.25, 0.3) is 0 Å². The molecule has 8 heavy (non-hydrogen) atoms. The SMILES string of the molecule is [CH2]C(C)C(C)[CH]CC. The summed E-state index contributed by atoms with van der Waals surface area (Å²) in [4.78, 5) is 0. The van der Waals surface area contributed by atoms with Crippen molar-refractivity contribution in [3.8, 4) is 0 Å². The van der Waals surface area contributed by atoms with Crippen LogP contribution in [0, 0.1) is 25.2 Å². The minimum Gasteiger partial charge on any atom is -0.0651 e. The Balaban J connectivity index is 3.17. The molecule has 0 spiro atoms. The number of hydrogen-bond acceptors (Lipinski definition) is 0. The van der Waals surface area contributed by atoms with Crippen LogP contribution in [-0.2, 0) is 0 Å². The van der Waals surface area contributed by atoms with E-state index in [-0.39, 0.29) is 0 Å². The summed E-state index contributed by atoms with van der Waals surface area (Å²) in [7, 11) is 0. The maximum atomic E-state index is 3.93. The molecule has 0 amide bonds. The van der Waals surface area contributed by atoms with E-state index in [1.54, 1.807) is 0 Å². The molecule has 0 bridgehead atoms. The summed E-state index contributed by atoms with van der Waals surface area (Å²) in [6.07, 6.45) is 3.47. The first kappa shape index (κ1) is 8.00. The normalized spacial score (nSPS) is 14.6. The molecular weight excluding hydrogens is 96.1 g/mol. The molecule has 0 heterocycles. The summed E-state index contributed by atoms with van der Waals surface area (Å²) < 4.78 is 0. The maximum Gasteiger partial charge on any atom is -0.0358 e. The molecule has 0 aliphatic heterocycles. The first-order valence-corrected chi connectivity index (χ1v) is 3.34. The Kier molecular flexibility index (Phi) is 3.94. The van der Waals surface area contributed by atoms with Gasteiger partial charge in [0.2, 0.25) is 0 Å². The molecule has 2 atom stereocenters. The van der Waals surface area contributed by atoms with Gasteiger partial charge in [0.25, 0.3) is 0 Å². The Bertz CT molecular complexity index is 46.0. The molecule has 0 rings (SSSR count). The van der Waals surface area contributed by atoms with E-state index in [9.17, 15) is 0 Å². The van der Waals surface area contributed by atoms with Gasteiger partial charge in [0.05, 0.1) is 0 Å². The van der Waals surface area contributed by atoms with Gasteiger partial charge in [-0.3, -0.25) is 0 Å². The predicted octanol–water partition coefficient (Wildman–Crippen LogP) is 2.71. The Labute approximate surface area is 53.3 Å². The van der Waals surface area contributed by atoms with E-state index in [2.05, 4.69) is 34.1 Å². The minimum atomic E-state index is 0.565.